The average molecular weight is 306 g/mol. The number of amides is 1. The molecule has 2 heterocycles. The highest BCUT2D eigenvalue weighted by atomic mass is 16.5. The summed E-state index contributed by atoms with van der Waals surface area (Å²) in [6.07, 6.45) is 6.32. The van der Waals surface area contributed by atoms with Crippen LogP contribution < -0.4 is 16.2 Å². The van der Waals surface area contributed by atoms with E-state index < -0.39 is 0 Å². The summed E-state index contributed by atoms with van der Waals surface area (Å²) >= 11 is 0. The summed E-state index contributed by atoms with van der Waals surface area (Å²) in [5, 5.41) is 2.93. The van der Waals surface area contributed by atoms with E-state index in [0.717, 1.165) is 12.0 Å². The van der Waals surface area contributed by atoms with Gasteiger partial charge in [-0.15, -0.1) is 0 Å². The molecule has 1 fully saturated rings. The van der Waals surface area contributed by atoms with Crippen LogP contribution in [0.3, 0.4) is 0 Å². The monoisotopic (exact) mass is 306 g/mol. The van der Waals surface area contributed by atoms with E-state index in [1.165, 1.54) is 7.11 Å². The van der Waals surface area contributed by atoms with Crippen molar-refractivity contribution in [1.29, 1.82) is 0 Å². The average Bonchev–Trinajstić information content (AvgIpc) is 3.00. The van der Waals surface area contributed by atoms with Crippen LogP contribution in [0.25, 0.3) is 0 Å². The van der Waals surface area contributed by atoms with Gasteiger partial charge in [-0.1, -0.05) is 6.07 Å². The highest BCUT2D eigenvalue weighted by molar-refractivity contribution is 5.76. The first kappa shape index (κ1) is 16.4. The summed E-state index contributed by atoms with van der Waals surface area (Å²) in [7, 11) is 1.37. The van der Waals surface area contributed by atoms with Crippen molar-refractivity contribution in [3.63, 3.8) is 0 Å². The van der Waals surface area contributed by atoms with Crippen molar-refractivity contribution in [2.45, 2.75) is 44.3 Å². The van der Waals surface area contributed by atoms with Crippen LogP contribution in [0.15, 0.2) is 24.5 Å². The topological polar surface area (TPSA) is 92.4 Å². The lowest BCUT2D eigenvalue weighted by Crippen LogP contribution is -2.44. The molecule has 1 aliphatic heterocycles. The van der Waals surface area contributed by atoms with Crippen LogP contribution >= 0.6 is 0 Å². The molecular weight excluding hydrogens is 284 g/mol. The maximum Gasteiger partial charge on any atom is 0.305 e. The summed E-state index contributed by atoms with van der Waals surface area (Å²) in [5.41, 5.74) is 7.31. The molecule has 2 rings (SSSR count). The number of rotatable bonds is 7. The Kier molecular flexibility index (Phi) is 6.29. The fourth-order valence-corrected chi connectivity index (χ4v) is 2.37. The third-order valence-electron chi connectivity index (χ3n) is 3.59. The molecule has 2 unspecified atom stereocenters. The van der Waals surface area contributed by atoms with Crippen LogP contribution in [0.5, 0.6) is 0 Å². The highest BCUT2D eigenvalue weighted by Gasteiger charge is 2.25. The maximum atomic E-state index is 11.8. The van der Waals surface area contributed by atoms with Gasteiger partial charge in [0.25, 0.3) is 0 Å². The summed E-state index contributed by atoms with van der Waals surface area (Å²) in [4.78, 5) is 26.9. The SMILES string of the molecule is COC(=O)CCCCC(=O)NC1CC(c2cccnc2)NN1. The Morgan fingerprint density at radius 1 is 1.36 bits per heavy atom. The first-order chi connectivity index (χ1) is 10.7. The molecule has 7 heteroatoms. The van der Waals surface area contributed by atoms with E-state index in [-0.39, 0.29) is 24.1 Å². The number of hydrogen-bond acceptors (Lipinski definition) is 6. The lowest BCUT2D eigenvalue weighted by Gasteiger charge is -2.12. The molecule has 1 aliphatic rings. The normalized spacial score (nSPS) is 20.6. The third kappa shape index (κ3) is 5.09. The molecule has 0 bridgehead atoms. The molecule has 3 N–H and O–H groups in total. The Labute approximate surface area is 129 Å². The molecule has 0 aliphatic carbocycles. The smallest absolute Gasteiger partial charge is 0.305 e. The number of ether oxygens (including phenoxy) is 1. The van der Waals surface area contributed by atoms with Gasteiger partial charge in [0.15, 0.2) is 0 Å². The number of unbranched alkanes of at least 4 members (excludes halogenated alkanes) is 1. The van der Waals surface area contributed by atoms with Crippen molar-refractivity contribution >= 4 is 11.9 Å². The van der Waals surface area contributed by atoms with Gasteiger partial charge in [-0.25, -0.2) is 10.9 Å². The van der Waals surface area contributed by atoms with E-state index in [2.05, 4.69) is 25.9 Å². The van der Waals surface area contributed by atoms with Crippen LogP contribution in [0.4, 0.5) is 0 Å². The number of methoxy groups -OCH3 is 1. The second kappa shape index (κ2) is 8.45. The number of nitrogens with one attached hydrogen (secondary N) is 3. The van der Waals surface area contributed by atoms with Crippen LogP contribution in [-0.2, 0) is 14.3 Å². The maximum absolute atomic E-state index is 11.8. The predicted octanol–water partition coefficient (Wildman–Crippen LogP) is 0.796. The second-order valence-corrected chi connectivity index (χ2v) is 5.27. The summed E-state index contributed by atoms with van der Waals surface area (Å²) in [6.45, 7) is 0. The molecule has 0 aromatic carbocycles. The van der Waals surface area contributed by atoms with Gasteiger partial charge in [-0.2, -0.15) is 0 Å². The van der Waals surface area contributed by atoms with Gasteiger partial charge >= 0.3 is 5.97 Å². The number of carbonyl (C=O) groups is 2. The van der Waals surface area contributed by atoms with Gasteiger partial charge in [-0.3, -0.25) is 14.6 Å². The zero-order valence-electron chi connectivity index (χ0n) is 12.7. The highest BCUT2D eigenvalue weighted by Crippen LogP contribution is 2.20. The van der Waals surface area contributed by atoms with Crippen LogP contribution in [0.1, 0.15) is 43.7 Å². The molecule has 0 radical (unpaired) electrons. The molecule has 1 amide bonds. The van der Waals surface area contributed by atoms with Crippen LogP contribution in [0, 0.1) is 0 Å². The minimum Gasteiger partial charge on any atom is -0.469 e. The van der Waals surface area contributed by atoms with Gasteiger partial charge in [0.2, 0.25) is 5.91 Å². The number of hydrazine groups is 1. The molecule has 1 aromatic heterocycles. The van der Waals surface area contributed by atoms with Gasteiger partial charge in [0, 0.05) is 31.7 Å². The zero-order valence-corrected chi connectivity index (χ0v) is 12.7. The summed E-state index contributed by atoms with van der Waals surface area (Å²) in [5.74, 6) is -0.252. The molecule has 2 atom stereocenters. The minimum absolute atomic E-state index is 0.0176. The molecule has 0 saturated carbocycles. The van der Waals surface area contributed by atoms with Crippen molar-refractivity contribution < 1.29 is 14.3 Å². The zero-order chi connectivity index (χ0) is 15.8. The Morgan fingerprint density at radius 2 is 2.18 bits per heavy atom. The first-order valence-electron chi connectivity index (χ1n) is 7.46. The Hall–Kier alpha value is -1.99. The number of nitrogens with zero attached hydrogens (tertiary/aromatic N) is 1. The number of aromatic nitrogens is 1. The molecule has 1 saturated heterocycles. The summed E-state index contributed by atoms with van der Waals surface area (Å²) < 4.78 is 4.56. The molecular formula is C15H22N4O3. The van der Waals surface area contributed by atoms with Gasteiger partial charge in [0.1, 0.15) is 0 Å². The van der Waals surface area contributed by atoms with E-state index >= 15 is 0 Å². The van der Waals surface area contributed by atoms with Crippen LogP contribution in [0.2, 0.25) is 0 Å². The molecule has 22 heavy (non-hydrogen) atoms. The van der Waals surface area contributed by atoms with Crippen molar-refractivity contribution in [2.75, 3.05) is 7.11 Å². The Morgan fingerprint density at radius 3 is 2.91 bits per heavy atom. The fraction of sp³-hybridized carbons (Fsp3) is 0.533. The number of carbonyl (C=O) groups excluding carboxylic acids is 2. The molecule has 120 valence electrons. The van der Waals surface area contributed by atoms with E-state index in [0.29, 0.717) is 25.7 Å². The fourth-order valence-electron chi connectivity index (χ4n) is 2.37. The van der Waals surface area contributed by atoms with E-state index in [9.17, 15) is 9.59 Å². The lowest BCUT2D eigenvalue weighted by atomic mass is 10.1. The largest absolute Gasteiger partial charge is 0.469 e. The number of pyridine rings is 1. The molecule has 7 nitrogen and oxygen atoms in total. The van der Waals surface area contributed by atoms with Crippen molar-refractivity contribution in [1.82, 2.24) is 21.2 Å². The molecule has 1 aromatic rings. The Bertz CT molecular complexity index is 495. The number of esters is 1. The van der Waals surface area contributed by atoms with E-state index in [1.54, 1.807) is 6.20 Å². The minimum atomic E-state index is -0.235. The quantitative estimate of drug-likeness (QED) is 0.510. The van der Waals surface area contributed by atoms with Gasteiger partial charge in [-0.05, 0) is 24.5 Å². The third-order valence-corrected chi connectivity index (χ3v) is 3.59. The van der Waals surface area contributed by atoms with Crippen molar-refractivity contribution in [3.8, 4) is 0 Å². The van der Waals surface area contributed by atoms with Gasteiger partial charge in [0.05, 0.1) is 19.3 Å². The lowest BCUT2D eigenvalue weighted by molar-refractivity contribution is -0.140. The first-order valence-corrected chi connectivity index (χ1v) is 7.46. The second-order valence-electron chi connectivity index (χ2n) is 5.27. The van der Waals surface area contributed by atoms with Crippen molar-refractivity contribution in [3.05, 3.63) is 30.1 Å². The predicted molar refractivity (Wildman–Crippen MR) is 80.3 cm³/mol. The van der Waals surface area contributed by atoms with Crippen molar-refractivity contribution in [2.24, 2.45) is 0 Å². The summed E-state index contributed by atoms with van der Waals surface area (Å²) in [6, 6.07) is 4.03. The van der Waals surface area contributed by atoms with E-state index in [4.69, 9.17) is 0 Å². The van der Waals surface area contributed by atoms with Crippen LogP contribution in [-0.4, -0.2) is 30.1 Å². The van der Waals surface area contributed by atoms with E-state index in [1.807, 2.05) is 18.3 Å². The standard InChI is InChI=1S/C15H22N4O3/c1-22-15(21)7-3-2-6-14(20)17-13-9-12(18-19-13)11-5-4-8-16-10-11/h4-5,8,10,12-13,18-19H,2-3,6-7,9H2,1H3,(H,17,20). The number of hydrogen-bond donors (Lipinski definition) is 3. The van der Waals surface area contributed by atoms with Gasteiger partial charge < -0.3 is 10.1 Å². The molecule has 0 spiro atoms. The Balaban J connectivity index is 1.65.